The van der Waals surface area contributed by atoms with Crippen molar-refractivity contribution in [1.82, 2.24) is 10.0 Å². The van der Waals surface area contributed by atoms with Crippen molar-refractivity contribution in [2.24, 2.45) is 0 Å². The summed E-state index contributed by atoms with van der Waals surface area (Å²) in [5.41, 5.74) is 0.567. The molecule has 5 nitrogen and oxygen atoms in total. The van der Waals surface area contributed by atoms with Crippen LogP contribution in [0.15, 0.2) is 46.7 Å². The van der Waals surface area contributed by atoms with E-state index in [0.717, 1.165) is 11.3 Å². The molecule has 0 bridgehead atoms. The Balaban J connectivity index is 2.33. The molecule has 0 spiro atoms. The molecule has 0 unspecified atom stereocenters. The van der Waals surface area contributed by atoms with Crippen LogP contribution < -0.4 is 10.0 Å². The Morgan fingerprint density at radius 2 is 1.78 bits per heavy atom. The number of sulfonamides is 1. The van der Waals surface area contributed by atoms with Gasteiger partial charge in [-0.15, -0.1) is 11.3 Å². The summed E-state index contributed by atoms with van der Waals surface area (Å²) in [6.45, 7) is 3.63. The summed E-state index contributed by atoms with van der Waals surface area (Å²) in [5.74, 6) is -0.405. The van der Waals surface area contributed by atoms with Crippen LogP contribution >= 0.6 is 22.9 Å². The Hall–Kier alpha value is -1.41. The Morgan fingerprint density at radius 3 is 2.30 bits per heavy atom. The van der Waals surface area contributed by atoms with Crippen molar-refractivity contribution >= 4 is 38.9 Å². The number of nitrogens with one attached hydrogen (secondary N) is 2. The number of hydrogen-bond acceptors (Lipinski definition) is 4. The van der Waals surface area contributed by atoms with Gasteiger partial charge in [0, 0.05) is 6.04 Å². The quantitative estimate of drug-likeness (QED) is 0.818. The molecule has 1 heterocycles. The number of rotatable bonds is 6. The molecule has 2 aromatic rings. The Labute approximate surface area is 144 Å². The highest BCUT2D eigenvalue weighted by Crippen LogP contribution is 2.27. The zero-order chi connectivity index (χ0) is 17.0. The molecule has 0 aliphatic rings. The molecule has 8 heteroatoms. The van der Waals surface area contributed by atoms with Crippen molar-refractivity contribution < 1.29 is 13.2 Å². The van der Waals surface area contributed by atoms with Gasteiger partial charge >= 0.3 is 0 Å². The molecular formula is C15H17ClN2O3S2. The van der Waals surface area contributed by atoms with Gasteiger partial charge in [0.15, 0.2) is 0 Å². The van der Waals surface area contributed by atoms with Gasteiger partial charge in [0.05, 0.1) is 4.34 Å². The summed E-state index contributed by atoms with van der Waals surface area (Å²) >= 11 is 6.74. The van der Waals surface area contributed by atoms with Crippen LogP contribution in [0.5, 0.6) is 0 Å². The van der Waals surface area contributed by atoms with E-state index in [-0.39, 0.29) is 10.3 Å². The highest BCUT2D eigenvalue weighted by molar-refractivity contribution is 7.91. The molecule has 0 fully saturated rings. The molecule has 124 valence electrons. The number of benzene rings is 1. The predicted molar refractivity (Wildman–Crippen MR) is 92.1 cm³/mol. The predicted octanol–water partition coefficient (Wildman–Crippen LogP) is 2.95. The van der Waals surface area contributed by atoms with E-state index in [1.54, 1.807) is 30.3 Å². The maximum absolute atomic E-state index is 12.5. The van der Waals surface area contributed by atoms with Crippen LogP contribution in [-0.4, -0.2) is 20.4 Å². The molecule has 0 aliphatic heterocycles. The lowest BCUT2D eigenvalue weighted by Crippen LogP contribution is -2.42. The van der Waals surface area contributed by atoms with Gasteiger partial charge in [-0.2, -0.15) is 4.72 Å². The van der Waals surface area contributed by atoms with Crippen molar-refractivity contribution in [1.29, 1.82) is 0 Å². The normalized spacial score (nSPS) is 13.0. The first-order valence-electron chi connectivity index (χ1n) is 6.92. The second-order valence-corrected chi connectivity index (χ2v) is 8.84. The highest BCUT2D eigenvalue weighted by Gasteiger charge is 2.28. The number of halogens is 1. The van der Waals surface area contributed by atoms with Crippen molar-refractivity contribution in [3.8, 4) is 0 Å². The Bertz CT molecular complexity index is 773. The van der Waals surface area contributed by atoms with Gasteiger partial charge < -0.3 is 5.32 Å². The van der Waals surface area contributed by atoms with E-state index < -0.39 is 22.0 Å². The second kappa shape index (κ2) is 7.44. The standard InChI is InChI=1S/C15H17ClN2O3S2/c1-10(2)17-15(19)14(11-6-4-3-5-7-11)18-23(20,21)13-9-8-12(16)22-13/h3-10,14,18H,1-2H3,(H,17,19)/t14-/m0/s1. The van der Waals surface area contributed by atoms with E-state index in [4.69, 9.17) is 11.6 Å². The lowest BCUT2D eigenvalue weighted by molar-refractivity contribution is -0.123. The van der Waals surface area contributed by atoms with Crippen LogP contribution in [0, 0.1) is 0 Å². The second-order valence-electron chi connectivity index (χ2n) is 5.19. The van der Waals surface area contributed by atoms with Crippen LogP contribution in [0.25, 0.3) is 0 Å². The van der Waals surface area contributed by atoms with E-state index in [9.17, 15) is 13.2 Å². The molecule has 1 amide bonds. The molecule has 1 aromatic carbocycles. The monoisotopic (exact) mass is 372 g/mol. The molecule has 2 N–H and O–H groups in total. The number of carbonyl (C=O) groups excluding carboxylic acids is 1. The molecule has 0 aliphatic carbocycles. The maximum atomic E-state index is 12.5. The van der Waals surface area contributed by atoms with Crippen LogP contribution in [0.4, 0.5) is 0 Å². The molecule has 0 saturated carbocycles. The average Bonchev–Trinajstić information content (AvgIpc) is 2.92. The highest BCUT2D eigenvalue weighted by atomic mass is 35.5. The fourth-order valence-electron chi connectivity index (χ4n) is 1.94. The molecule has 23 heavy (non-hydrogen) atoms. The van der Waals surface area contributed by atoms with Gasteiger partial charge in [-0.3, -0.25) is 4.79 Å². The summed E-state index contributed by atoms with van der Waals surface area (Å²) < 4.78 is 27.9. The van der Waals surface area contributed by atoms with Crippen molar-refractivity contribution in [2.75, 3.05) is 0 Å². The molecule has 0 radical (unpaired) electrons. The maximum Gasteiger partial charge on any atom is 0.251 e. The van der Waals surface area contributed by atoms with Gasteiger partial charge in [0.25, 0.3) is 10.0 Å². The van der Waals surface area contributed by atoms with Crippen molar-refractivity contribution in [3.63, 3.8) is 0 Å². The van der Waals surface area contributed by atoms with E-state index in [0.29, 0.717) is 9.90 Å². The van der Waals surface area contributed by atoms with E-state index >= 15 is 0 Å². The van der Waals surface area contributed by atoms with Gasteiger partial charge in [-0.05, 0) is 31.5 Å². The van der Waals surface area contributed by atoms with Crippen LogP contribution in [0.2, 0.25) is 4.34 Å². The number of hydrogen-bond donors (Lipinski definition) is 2. The molecule has 2 rings (SSSR count). The van der Waals surface area contributed by atoms with E-state index in [1.165, 1.54) is 12.1 Å². The van der Waals surface area contributed by atoms with E-state index in [1.807, 2.05) is 13.8 Å². The Kier molecular flexibility index (Phi) is 5.80. The summed E-state index contributed by atoms with van der Waals surface area (Å²) in [6.07, 6.45) is 0. The third-order valence-electron chi connectivity index (χ3n) is 2.91. The average molecular weight is 373 g/mol. The first kappa shape index (κ1) is 17.9. The van der Waals surface area contributed by atoms with Gasteiger partial charge in [-0.25, -0.2) is 8.42 Å². The summed E-state index contributed by atoms with van der Waals surface area (Å²) in [4.78, 5) is 12.4. The SMILES string of the molecule is CC(C)NC(=O)[C@@H](NS(=O)(=O)c1ccc(Cl)s1)c1ccccc1. The fourth-order valence-corrected chi connectivity index (χ4v) is 4.62. The lowest BCUT2D eigenvalue weighted by atomic mass is 10.1. The fraction of sp³-hybridized carbons (Fsp3) is 0.267. The summed E-state index contributed by atoms with van der Waals surface area (Å²) in [5, 5.41) is 2.73. The van der Waals surface area contributed by atoms with Crippen molar-refractivity contribution in [3.05, 3.63) is 52.4 Å². The zero-order valence-corrected chi connectivity index (χ0v) is 15.0. The van der Waals surface area contributed by atoms with Crippen LogP contribution in [0.1, 0.15) is 25.5 Å². The molecule has 1 aromatic heterocycles. The molecule has 1 atom stereocenters. The smallest absolute Gasteiger partial charge is 0.251 e. The minimum absolute atomic E-state index is 0.0702. The number of thiophene rings is 1. The Morgan fingerprint density at radius 1 is 1.13 bits per heavy atom. The number of carbonyl (C=O) groups is 1. The third-order valence-corrected chi connectivity index (χ3v) is 6.06. The first-order chi connectivity index (χ1) is 10.8. The molecule has 0 saturated heterocycles. The lowest BCUT2D eigenvalue weighted by Gasteiger charge is -2.20. The van der Waals surface area contributed by atoms with Crippen LogP contribution in [-0.2, 0) is 14.8 Å². The largest absolute Gasteiger partial charge is 0.352 e. The number of amides is 1. The third kappa shape index (κ3) is 4.78. The summed E-state index contributed by atoms with van der Waals surface area (Å²) in [6, 6.07) is 10.5. The zero-order valence-electron chi connectivity index (χ0n) is 12.6. The van der Waals surface area contributed by atoms with E-state index in [2.05, 4.69) is 10.0 Å². The first-order valence-corrected chi connectivity index (χ1v) is 9.60. The van der Waals surface area contributed by atoms with Gasteiger partial charge in [0.2, 0.25) is 5.91 Å². The topological polar surface area (TPSA) is 75.3 Å². The minimum Gasteiger partial charge on any atom is -0.352 e. The minimum atomic E-state index is -3.84. The van der Waals surface area contributed by atoms with Crippen LogP contribution in [0.3, 0.4) is 0 Å². The van der Waals surface area contributed by atoms with Crippen molar-refractivity contribution in [2.45, 2.75) is 30.1 Å². The molecular weight excluding hydrogens is 356 g/mol. The van der Waals surface area contributed by atoms with Gasteiger partial charge in [0.1, 0.15) is 10.3 Å². The van der Waals surface area contributed by atoms with Gasteiger partial charge in [-0.1, -0.05) is 41.9 Å². The summed E-state index contributed by atoms with van der Waals surface area (Å²) in [7, 11) is -3.84.